The van der Waals surface area contributed by atoms with Crippen molar-refractivity contribution in [2.24, 2.45) is 0 Å². The summed E-state index contributed by atoms with van der Waals surface area (Å²) in [5.74, 6) is -0.441. The van der Waals surface area contributed by atoms with Gasteiger partial charge < -0.3 is 10.1 Å². The predicted octanol–water partition coefficient (Wildman–Crippen LogP) is 3.71. The maximum Gasteiger partial charge on any atom is 0.416 e. The Morgan fingerprint density at radius 1 is 0.950 bits per heavy atom. The van der Waals surface area contributed by atoms with Crippen LogP contribution in [0.5, 0.6) is 5.75 Å². The normalized spacial score (nSPS) is 12.6. The molecular weight excluding hydrogens is 288 g/mol. The summed E-state index contributed by atoms with van der Waals surface area (Å²) >= 11 is 0. The number of ether oxygens (including phenoxy) is 1. The fraction of sp³-hybridized carbons (Fsp3) is 0.500. The molecule has 0 saturated carbocycles. The van der Waals surface area contributed by atoms with E-state index >= 15 is 0 Å². The summed E-state index contributed by atoms with van der Waals surface area (Å²) in [5, 5.41) is 2.79. The van der Waals surface area contributed by atoms with E-state index in [1.54, 1.807) is 7.05 Å². The zero-order chi connectivity index (χ0) is 15.4. The fourth-order valence-corrected chi connectivity index (χ4v) is 1.45. The van der Waals surface area contributed by atoms with Crippen molar-refractivity contribution in [3.63, 3.8) is 0 Å². The maximum atomic E-state index is 12.5. The van der Waals surface area contributed by atoms with E-state index < -0.39 is 29.2 Å². The van der Waals surface area contributed by atoms with Crippen LogP contribution in [0.25, 0.3) is 0 Å². The maximum absolute atomic E-state index is 12.5. The summed E-state index contributed by atoms with van der Waals surface area (Å²) < 4.78 is 80.2. The first-order chi connectivity index (χ1) is 9.14. The van der Waals surface area contributed by atoms with Crippen molar-refractivity contribution in [1.82, 2.24) is 5.32 Å². The topological polar surface area (TPSA) is 21.3 Å². The molecule has 1 aromatic rings. The Labute approximate surface area is 111 Å². The van der Waals surface area contributed by atoms with Crippen molar-refractivity contribution in [3.05, 3.63) is 29.3 Å². The lowest BCUT2D eigenvalue weighted by Gasteiger charge is -2.14. The van der Waals surface area contributed by atoms with E-state index in [1.165, 1.54) is 0 Å². The second-order valence-corrected chi connectivity index (χ2v) is 4.05. The van der Waals surface area contributed by atoms with Gasteiger partial charge in [-0.1, -0.05) is 0 Å². The summed E-state index contributed by atoms with van der Waals surface area (Å²) in [5.41, 5.74) is -2.76. The van der Waals surface area contributed by atoms with Crippen LogP contribution < -0.4 is 10.1 Å². The molecule has 0 unspecified atom stereocenters. The number of hydrogen-bond donors (Lipinski definition) is 1. The smallest absolute Gasteiger partial charge is 0.416 e. The van der Waals surface area contributed by atoms with Gasteiger partial charge in [-0.3, -0.25) is 0 Å². The SMILES string of the molecule is CNCCCOc1cc(C(F)(F)F)cc(C(F)(F)F)c1. The third kappa shape index (κ3) is 4.92. The van der Waals surface area contributed by atoms with Gasteiger partial charge >= 0.3 is 12.4 Å². The van der Waals surface area contributed by atoms with Gasteiger partial charge in [0, 0.05) is 0 Å². The minimum absolute atomic E-state index is 0.0272. The summed E-state index contributed by atoms with van der Waals surface area (Å²) in [6, 6.07) is 1.20. The molecule has 1 rings (SSSR count). The molecule has 0 saturated heterocycles. The molecule has 0 amide bonds. The molecule has 0 atom stereocenters. The highest BCUT2D eigenvalue weighted by atomic mass is 19.4. The molecular formula is C12H13F6NO. The molecule has 0 spiro atoms. The van der Waals surface area contributed by atoms with Crippen LogP contribution in [0.4, 0.5) is 26.3 Å². The number of rotatable bonds is 5. The lowest BCUT2D eigenvalue weighted by molar-refractivity contribution is -0.143. The highest BCUT2D eigenvalue weighted by Gasteiger charge is 2.37. The van der Waals surface area contributed by atoms with E-state index in [0.717, 1.165) is 0 Å². The van der Waals surface area contributed by atoms with E-state index in [-0.39, 0.29) is 12.7 Å². The molecule has 0 fully saturated rings. The number of alkyl halides is 6. The van der Waals surface area contributed by atoms with Crippen molar-refractivity contribution in [3.8, 4) is 5.75 Å². The van der Waals surface area contributed by atoms with E-state index in [0.29, 0.717) is 25.1 Å². The number of hydrogen-bond acceptors (Lipinski definition) is 2. The fourth-order valence-electron chi connectivity index (χ4n) is 1.45. The lowest BCUT2D eigenvalue weighted by atomic mass is 10.1. The molecule has 0 heterocycles. The van der Waals surface area contributed by atoms with E-state index in [2.05, 4.69) is 5.32 Å². The summed E-state index contributed by atoms with van der Waals surface area (Å²) in [7, 11) is 1.67. The van der Waals surface area contributed by atoms with Crippen molar-refractivity contribution in [2.75, 3.05) is 20.2 Å². The first-order valence-electron chi connectivity index (χ1n) is 5.71. The van der Waals surface area contributed by atoms with Crippen LogP contribution in [0.1, 0.15) is 17.5 Å². The zero-order valence-corrected chi connectivity index (χ0v) is 10.5. The molecule has 0 aliphatic rings. The van der Waals surface area contributed by atoms with Crippen LogP contribution in [0.3, 0.4) is 0 Å². The number of benzene rings is 1. The highest BCUT2D eigenvalue weighted by Crippen LogP contribution is 2.38. The van der Waals surface area contributed by atoms with Crippen molar-refractivity contribution in [2.45, 2.75) is 18.8 Å². The predicted molar refractivity (Wildman–Crippen MR) is 60.5 cm³/mol. The standard InChI is InChI=1S/C12H13F6NO/c1-19-3-2-4-20-10-6-8(11(13,14)15)5-9(7-10)12(16,17)18/h5-7,19H,2-4H2,1H3. The van der Waals surface area contributed by atoms with Gasteiger partial charge in [0.1, 0.15) is 5.75 Å². The van der Waals surface area contributed by atoms with Crippen molar-refractivity contribution in [1.29, 1.82) is 0 Å². The second kappa shape index (κ2) is 6.34. The molecule has 1 aromatic carbocycles. The van der Waals surface area contributed by atoms with Gasteiger partial charge in [-0.25, -0.2) is 0 Å². The molecule has 0 aliphatic heterocycles. The molecule has 114 valence electrons. The van der Waals surface area contributed by atoms with Crippen LogP contribution in [-0.2, 0) is 12.4 Å². The Morgan fingerprint density at radius 3 is 1.85 bits per heavy atom. The van der Waals surface area contributed by atoms with Gasteiger partial charge in [0.05, 0.1) is 17.7 Å². The second-order valence-electron chi connectivity index (χ2n) is 4.05. The quantitative estimate of drug-likeness (QED) is 0.661. The summed E-state index contributed by atoms with van der Waals surface area (Å²) in [6.07, 6.45) is -9.25. The van der Waals surface area contributed by atoms with Crippen LogP contribution in [0.2, 0.25) is 0 Å². The van der Waals surface area contributed by atoms with Crippen molar-refractivity contribution < 1.29 is 31.1 Å². The molecule has 0 radical (unpaired) electrons. The molecule has 1 N–H and O–H groups in total. The Kier molecular flexibility index (Phi) is 5.27. The van der Waals surface area contributed by atoms with Gasteiger partial charge in [0.25, 0.3) is 0 Å². The minimum Gasteiger partial charge on any atom is -0.494 e. The average molecular weight is 301 g/mol. The third-order valence-corrected chi connectivity index (χ3v) is 2.40. The van der Waals surface area contributed by atoms with Gasteiger partial charge in [0.2, 0.25) is 0 Å². The average Bonchev–Trinajstić information content (AvgIpc) is 2.32. The van der Waals surface area contributed by atoms with E-state index in [9.17, 15) is 26.3 Å². The molecule has 0 bridgehead atoms. The van der Waals surface area contributed by atoms with Crippen molar-refractivity contribution >= 4 is 0 Å². The number of halogens is 6. The molecule has 8 heteroatoms. The Morgan fingerprint density at radius 2 is 1.45 bits per heavy atom. The van der Waals surface area contributed by atoms with Crippen LogP contribution >= 0.6 is 0 Å². The Hall–Kier alpha value is -1.44. The monoisotopic (exact) mass is 301 g/mol. The van der Waals surface area contributed by atoms with E-state index in [1.807, 2.05) is 0 Å². The number of nitrogens with one attached hydrogen (secondary N) is 1. The van der Waals surface area contributed by atoms with Crippen LogP contribution in [0.15, 0.2) is 18.2 Å². The minimum atomic E-state index is -4.86. The summed E-state index contributed by atoms with van der Waals surface area (Å²) in [4.78, 5) is 0. The van der Waals surface area contributed by atoms with Gasteiger partial charge in [0.15, 0.2) is 0 Å². The summed E-state index contributed by atoms with van der Waals surface area (Å²) in [6.45, 7) is 0.574. The highest BCUT2D eigenvalue weighted by molar-refractivity contribution is 5.37. The van der Waals surface area contributed by atoms with Crippen LogP contribution in [0, 0.1) is 0 Å². The molecule has 0 aromatic heterocycles. The van der Waals surface area contributed by atoms with Gasteiger partial charge in [-0.2, -0.15) is 26.3 Å². The van der Waals surface area contributed by atoms with Crippen LogP contribution in [-0.4, -0.2) is 20.2 Å². The Balaban J connectivity index is 2.99. The Bertz CT molecular complexity index is 408. The molecule has 20 heavy (non-hydrogen) atoms. The van der Waals surface area contributed by atoms with Gasteiger partial charge in [-0.15, -0.1) is 0 Å². The third-order valence-electron chi connectivity index (χ3n) is 2.40. The molecule has 0 aliphatic carbocycles. The van der Waals surface area contributed by atoms with Gasteiger partial charge in [-0.05, 0) is 38.2 Å². The lowest BCUT2D eigenvalue weighted by Crippen LogP contribution is -2.13. The van der Waals surface area contributed by atoms with E-state index in [4.69, 9.17) is 4.74 Å². The first kappa shape index (κ1) is 16.6. The zero-order valence-electron chi connectivity index (χ0n) is 10.5. The first-order valence-corrected chi connectivity index (χ1v) is 5.71. The molecule has 2 nitrogen and oxygen atoms in total. The largest absolute Gasteiger partial charge is 0.494 e.